The van der Waals surface area contributed by atoms with Gasteiger partial charge in [0.25, 0.3) is 0 Å². The van der Waals surface area contributed by atoms with Crippen molar-refractivity contribution < 1.29 is 9.05 Å². The molecule has 30 heavy (non-hydrogen) atoms. The Morgan fingerprint density at radius 3 is 2.40 bits per heavy atom. The second-order valence-corrected chi connectivity index (χ2v) is 8.01. The summed E-state index contributed by atoms with van der Waals surface area (Å²) in [7, 11) is 0. The van der Waals surface area contributed by atoms with Gasteiger partial charge in [-0.05, 0) is 71.8 Å². The van der Waals surface area contributed by atoms with E-state index in [9.17, 15) is 0 Å². The number of imidazole rings is 1. The van der Waals surface area contributed by atoms with Crippen LogP contribution in [-0.4, -0.2) is 39.0 Å². The Morgan fingerprint density at radius 1 is 1.00 bits per heavy atom. The van der Waals surface area contributed by atoms with Gasteiger partial charge in [0.05, 0.1) is 22.3 Å². The summed E-state index contributed by atoms with van der Waals surface area (Å²) in [5.41, 5.74) is 6.43. The Hall–Kier alpha value is -3.13. The van der Waals surface area contributed by atoms with Crippen molar-refractivity contribution in [1.29, 1.82) is 0 Å². The van der Waals surface area contributed by atoms with Gasteiger partial charge in [0.1, 0.15) is 17.1 Å². The van der Waals surface area contributed by atoms with Crippen molar-refractivity contribution in [3.8, 4) is 17.1 Å². The molecular weight excluding hydrogens is 380 g/mol. The Kier molecular flexibility index (Phi) is 4.58. The molecule has 0 spiro atoms. The van der Waals surface area contributed by atoms with E-state index in [4.69, 9.17) is 14.0 Å². The fourth-order valence-electron chi connectivity index (χ4n) is 4.36. The first-order valence-corrected chi connectivity index (χ1v) is 10.4. The number of hydrogen-bond acceptors (Lipinski definition) is 7. The van der Waals surface area contributed by atoms with Crippen LogP contribution in [0.15, 0.2) is 27.2 Å². The smallest absolute Gasteiger partial charge is 0.157 e. The first kappa shape index (κ1) is 18.9. The summed E-state index contributed by atoms with van der Waals surface area (Å²) in [4.78, 5) is 4.96. The van der Waals surface area contributed by atoms with E-state index in [1.807, 2.05) is 27.7 Å². The van der Waals surface area contributed by atoms with Gasteiger partial charge in [-0.3, -0.25) is 4.57 Å². The number of benzene rings is 1. The van der Waals surface area contributed by atoms with Crippen LogP contribution in [0, 0.1) is 27.7 Å². The van der Waals surface area contributed by atoms with Crippen LogP contribution < -0.4 is 10.6 Å². The summed E-state index contributed by atoms with van der Waals surface area (Å²) in [6.45, 7) is 9.82. The van der Waals surface area contributed by atoms with Gasteiger partial charge in [0.2, 0.25) is 0 Å². The van der Waals surface area contributed by atoms with E-state index in [0.717, 1.165) is 82.6 Å². The summed E-state index contributed by atoms with van der Waals surface area (Å²) < 4.78 is 13.1. The van der Waals surface area contributed by atoms with E-state index >= 15 is 0 Å². The van der Waals surface area contributed by atoms with E-state index in [1.165, 1.54) is 0 Å². The van der Waals surface area contributed by atoms with Crippen LogP contribution in [0.2, 0.25) is 0 Å². The zero-order chi connectivity index (χ0) is 20.8. The van der Waals surface area contributed by atoms with Gasteiger partial charge in [-0.25, -0.2) is 4.98 Å². The summed E-state index contributed by atoms with van der Waals surface area (Å²) in [5, 5.41) is 15.4. The highest BCUT2D eigenvalue weighted by atomic mass is 16.5. The second-order valence-electron chi connectivity index (χ2n) is 8.01. The lowest BCUT2D eigenvalue weighted by molar-refractivity contribution is 0.392. The normalized spacial score (nSPS) is 15.2. The molecular formula is C22H26N6O2. The van der Waals surface area contributed by atoms with Crippen LogP contribution in [0.1, 0.15) is 35.7 Å². The first-order chi connectivity index (χ1) is 14.5. The lowest BCUT2D eigenvalue weighted by Gasteiger charge is -2.24. The molecule has 0 radical (unpaired) electrons. The third kappa shape index (κ3) is 3.08. The Balaban J connectivity index is 1.71. The quantitative estimate of drug-likeness (QED) is 0.528. The largest absolute Gasteiger partial charge is 0.382 e. The first-order valence-electron chi connectivity index (χ1n) is 10.4. The molecule has 156 valence electrons. The predicted octanol–water partition coefficient (Wildman–Crippen LogP) is 4.07. The third-order valence-electron chi connectivity index (χ3n) is 5.84. The van der Waals surface area contributed by atoms with Crippen molar-refractivity contribution in [1.82, 2.24) is 25.2 Å². The minimum Gasteiger partial charge on any atom is -0.382 e. The topological polar surface area (TPSA) is 93.9 Å². The maximum Gasteiger partial charge on any atom is 0.157 e. The number of aromatic nitrogens is 4. The molecule has 0 atom stereocenters. The minimum absolute atomic E-state index is 0.473. The van der Waals surface area contributed by atoms with Gasteiger partial charge >= 0.3 is 0 Å². The van der Waals surface area contributed by atoms with Crippen molar-refractivity contribution in [2.24, 2.45) is 0 Å². The lowest BCUT2D eigenvalue weighted by atomic mass is 10.1. The molecule has 0 unspecified atom stereocenters. The van der Waals surface area contributed by atoms with E-state index in [-0.39, 0.29) is 0 Å². The summed E-state index contributed by atoms with van der Waals surface area (Å²) >= 11 is 0. The summed E-state index contributed by atoms with van der Waals surface area (Å²) in [6, 6.07) is 6.81. The minimum atomic E-state index is 0.473. The molecule has 1 fully saturated rings. The Bertz CT molecular complexity index is 1170. The van der Waals surface area contributed by atoms with Crippen LogP contribution >= 0.6 is 0 Å². The molecule has 1 aliphatic heterocycles. The van der Waals surface area contributed by atoms with Crippen molar-refractivity contribution in [3.05, 3.63) is 41.1 Å². The second kappa shape index (κ2) is 7.28. The highest BCUT2D eigenvalue weighted by Gasteiger charge is 2.25. The molecule has 0 saturated carbocycles. The molecule has 1 saturated heterocycles. The number of fused-ring (bicyclic) bond motifs is 1. The number of nitrogens with zero attached hydrogens (tertiary/aromatic N) is 4. The van der Waals surface area contributed by atoms with Gasteiger partial charge in [0.15, 0.2) is 11.6 Å². The fraction of sp³-hybridized carbons (Fsp3) is 0.409. The number of nitrogens with one attached hydrogen (secondary N) is 2. The molecule has 0 aliphatic carbocycles. The monoisotopic (exact) mass is 406 g/mol. The molecule has 1 aromatic carbocycles. The van der Waals surface area contributed by atoms with Crippen molar-refractivity contribution in [2.75, 3.05) is 18.4 Å². The highest BCUT2D eigenvalue weighted by Crippen LogP contribution is 2.35. The standard InChI is InChI=1S/C22H26N6O2/c1-12-20(14(3)29-26-12)22-25-18-6-5-17(24-16-7-9-23-10-8-16)11-19(18)28(22)21-13(2)27-30-15(21)4/h5-6,11,16,23-24H,7-10H2,1-4H3. The fourth-order valence-corrected chi connectivity index (χ4v) is 4.36. The predicted molar refractivity (Wildman–Crippen MR) is 115 cm³/mol. The molecule has 8 heteroatoms. The lowest BCUT2D eigenvalue weighted by Crippen LogP contribution is -2.35. The third-order valence-corrected chi connectivity index (χ3v) is 5.84. The number of hydrogen-bond donors (Lipinski definition) is 2. The average molecular weight is 406 g/mol. The molecule has 2 N–H and O–H groups in total. The van der Waals surface area contributed by atoms with Gasteiger partial charge in [-0.2, -0.15) is 0 Å². The number of anilines is 1. The highest BCUT2D eigenvalue weighted by molar-refractivity contribution is 5.87. The molecule has 3 aromatic heterocycles. The van der Waals surface area contributed by atoms with Crippen LogP contribution in [0.25, 0.3) is 28.1 Å². The van der Waals surface area contributed by atoms with Crippen LogP contribution in [0.5, 0.6) is 0 Å². The zero-order valence-corrected chi connectivity index (χ0v) is 17.7. The SMILES string of the molecule is Cc1noc(C)c1-c1nc2ccc(NC3CCNCC3)cc2n1-c1c(C)noc1C. The summed E-state index contributed by atoms with van der Waals surface area (Å²) in [6.07, 6.45) is 2.23. The van der Waals surface area contributed by atoms with Crippen molar-refractivity contribution >= 4 is 16.7 Å². The van der Waals surface area contributed by atoms with Gasteiger partial charge in [0, 0.05) is 11.7 Å². The van der Waals surface area contributed by atoms with Crippen molar-refractivity contribution in [2.45, 2.75) is 46.6 Å². The van der Waals surface area contributed by atoms with Gasteiger partial charge in [-0.15, -0.1) is 0 Å². The molecule has 0 bridgehead atoms. The van der Waals surface area contributed by atoms with E-state index < -0.39 is 0 Å². The Labute approximate surface area is 174 Å². The molecule has 0 amide bonds. The Morgan fingerprint density at radius 2 is 1.73 bits per heavy atom. The molecule has 8 nitrogen and oxygen atoms in total. The molecule has 5 rings (SSSR count). The van der Waals surface area contributed by atoms with Gasteiger partial charge in [-0.1, -0.05) is 10.3 Å². The number of piperidine rings is 1. The maximum atomic E-state index is 5.49. The van der Waals surface area contributed by atoms with Gasteiger partial charge < -0.3 is 19.7 Å². The van der Waals surface area contributed by atoms with Crippen LogP contribution in [0.3, 0.4) is 0 Å². The zero-order valence-electron chi connectivity index (χ0n) is 17.7. The van der Waals surface area contributed by atoms with E-state index in [0.29, 0.717) is 6.04 Å². The van der Waals surface area contributed by atoms with Crippen molar-refractivity contribution in [3.63, 3.8) is 0 Å². The molecule has 4 aromatic rings. The molecule has 4 heterocycles. The maximum absolute atomic E-state index is 5.49. The van der Waals surface area contributed by atoms with E-state index in [1.54, 1.807) is 0 Å². The van der Waals surface area contributed by atoms with Crippen LogP contribution in [0.4, 0.5) is 5.69 Å². The van der Waals surface area contributed by atoms with E-state index in [2.05, 4.69) is 43.7 Å². The van der Waals surface area contributed by atoms with Crippen LogP contribution in [-0.2, 0) is 0 Å². The number of rotatable bonds is 4. The number of aryl methyl sites for hydroxylation is 4. The average Bonchev–Trinajstić information content (AvgIpc) is 3.37. The summed E-state index contributed by atoms with van der Waals surface area (Å²) in [5.74, 6) is 2.27. The molecule has 1 aliphatic rings.